The Kier molecular flexibility index (Phi) is 5.62. The first-order valence-electron chi connectivity index (χ1n) is 4.25. The van der Waals surface area contributed by atoms with E-state index in [1.54, 1.807) is 7.05 Å². The lowest BCUT2D eigenvalue weighted by Crippen LogP contribution is -2.09. The molecule has 0 amide bonds. The van der Waals surface area contributed by atoms with Gasteiger partial charge in [0, 0.05) is 13.6 Å². The molecule has 0 saturated carbocycles. The number of nitrogens with zero attached hydrogens (tertiary/aromatic N) is 3. The quantitative estimate of drug-likeness (QED) is 0.611. The lowest BCUT2D eigenvalue weighted by Gasteiger charge is -1.99. The summed E-state index contributed by atoms with van der Waals surface area (Å²) in [5, 5.41) is 15.1. The lowest BCUT2D eigenvalue weighted by molar-refractivity contribution is 0.310. The van der Waals surface area contributed by atoms with Gasteiger partial charge in [0.1, 0.15) is 0 Å². The molecule has 1 aromatic rings. The summed E-state index contributed by atoms with van der Waals surface area (Å²) in [6, 6.07) is 0. The average molecular weight is 187 g/mol. The molecular weight excluding hydrogens is 170 g/mol. The Labute approximate surface area is 77.8 Å². The second-order valence-corrected chi connectivity index (χ2v) is 2.07. The number of nitrogens with one attached hydrogen (secondary N) is 1. The van der Waals surface area contributed by atoms with E-state index >= 15 is 0 Å². The zero-order chi connectivity index (χ0) is 10.3. The molecule has 0 aliphatic heterocycles. The maximum Gasteiger partial charge on any atom is 0.241 e. The van der Waals surface area contributed by atoms with Crippen molar-refractivity contribution in [2.75, 3.05) is 24.2 Å². The van der Waals surface area contributed by atoms with E-state index < -0.39 is 0 Å². The summed E-state index contributed by atoms with van der Waals surface area (Å²) in [5.74, 6) is 0.796. The van der Waals surface area contributed by atoms with Crippen LogP contribution in [-0.4, -0.2) is 33.0 Å². The fourth-order valence-corrected chi connectivity index (χ4v) is 0.726. The van der Waals surface area contributed by atoms with Gasteiger partial charge in [-0.3, -0.25) is 0 Å². The van der Waals surface area contributed by atoms with Crippen LogP contribution in [0, 0.1) is 0 Å². The van der Waals surface area contributed by atoms with Crippen molar-refractivity contribution in [3.8, 4) is 0 Å². The molecule has 0 aliphatic carbocycles. The minimum atomic E-state index is 0.0623. The Hall–Kier alpha value is -1.30. The topological polar surface area (TPSA) is 89.0 Å². The summed E-state index contributed by atoms with van der Waals surface area (Å²) in [6.07, 6.45) is 0. The molecule has 0 aliphatic rings. The minimum absolute atomic E-state index is 0.0623. The van der Waals surface area contributed by atoms with Crippen molar-refractivity contribution in [3.05, 3.63) is 0 Å². The molecular formula is C7H17N5O. The molecule has 0 spiro atoms. The van der Waals surface area contributed by atoms with Crippen LogP contribution < -0.4 is 11.1 Å². The number of hydrogen-bond donors (Lipinski definition) is 3. The minimum Gasteiger partial charge on any atom is -0.395 e. The summed E-state index contributed by atoms with van der Waals surface area (Å²) in [6.45, 7) is 4.51. The monoisotopic (exact) mass is 187 g/mol. The summed E-state index contributed by atoms with van der Waals surface area (Å²) in [4.78, 5) is 3.86. The van der Waals surface area contributed by atoms with Crippen LogP contribution in [0.15, 0.2) is 0 Å². The third-order valence-electron chi connectivity index (χ3n) is 1.17. The van der Waals surface area contributed by atoms with Crippen LogP contribution in [-0.2, 0) is 7.05 Å². The van der Waals surface area contributed by atoms with Crippen molar-refractivity contribution in [1.82, 2.24) is 14.8 Å². The van der Waals surface area contributed by atoms with Crippen LogP contribution >= 0.6 is 0 Å². The number of aryl methyl sites for hydroxylation is 1. The van der Waals surface area contributed by atoms with Crippen LogP contribution in [0.2, 0.25) is 0 Å². The third kappa shape index (κ3) is 3.75. The number of nitrogens with two attached hydrogens (primary N) is 1. The number of aliphatic hydroxyl groups excluding tert-OH is 1. The van der Waals surface area contributed by atoms with E-state index in [4.69, 9.17) is 10.8 Å². The van der Waals surface area contributed by atoms with E-state index in [0.717, 1.165) is 0 Å². The van der Waals surface area contributed by atoms with Crippen molar-refractivity contribution in [3.63, 3.8) is 0 Å². The molecule has 1 aromatic heterocycles. The molecule has 0 radical (unpaired) electrons. The van der Waals surface area contributed by atoms with Crippen molar-refractivity contribution < 1.29 is 5.11 Å². The van der Waals surface area contributed by atoms with Gasteiger partial charge in [0.05, 0.1) is 6.61 Å². The van der Waals surface area contributed by atoms with Crippen LogP contribution in [0.4, 0.5) is 11.9 Å². The Balaban J connectivity index is 0.000000671. The molecule has 0 saturated heterocycles. The Morgan fingerprint density at radius 1 is 1.54 bits per heavy atom. The Morgan fingerprint density at radius 2 is 2.15 bits per heavy atom. The number of aliphatic hydroxyl groups is 1. The van der Waals surface area contributed by atoms with E-state index in [9.17, 15) is 0 Å². The van der Waals surface area contributed by atoms with E-state index in [1.807, 2.05) is 13.8 Å². The SMILES string of the molecule is CC.Cn1nc(N)nc1NCCO. The largest absolute Gasteiger partial charge is 0.395 e. The smallest absolute Gasteiger partial charge is 0.241 e. The third-order valence-corrected chi connectivity index (χ3v) is 1.17. The average Bonchev–Trinajstić information content (AvgIpc) is 2.45. The van der Waals surface area contributed by atoms with Gasteiger partial charge in [0.2, 0.25) is 11.9 Å². The predicted octanol–water partition coefficient (Wildman–Crippen LogP) is -0.172. The molecule has 0 fully saturated rings. The first-order valence-corrected chi connectivity index (χ1v) is 4.25. The fraction of sp³-hybridized carbons (Fsp3) is 0.714. The molecule has 0 atom stereocenters. The highest BCUT2D eigenvalue weighted by atomic mass is 16.3. The van der Waals surface area contributed by atoms with Crippen LogP contribution in [0.5, 0.6) is 0 Å². The first kappa shape index (κ1) is 11.7. The van der Waals surface area contributed by atoms with Gasteiger partial charge < -0.3 is 16.2 Å². The van der Waals surface area contributed by atoms with Crippen LogP contribution in [0.25, 0.3) is 0 Å². The number of nitrogen functional groups attached to an aromatic ring is 1. The van der Waals surface area contributed by atoms with Gasteiger partial charge in [0.25, 0.3) is 0 Å². The van der Waals surface area contributed by atoms with Crippen LogP contribution in [0.1, 0.15) is 13.8 Å². The second-order valence-electron chi connectivity index (χ2n) is 2.07. The molecule has 0 bridgehead atoms. The van der Waals surface area contributed by atoms with Crippen molar-refractivity contribution >= 4 is 11.9 Å². The van der Waals surface area contributed by atoms with Gasteiger partial charge in [-0.05, 0) is 0 Å². The van der Waals surface area contributed by atoms with Gasteiger partial charge in [-0.2, -0.15) is 4.98 Å². The van der Waals surface area contributed by atoms with E-state index in [0.29, 0.717) is 12.5 Å². The molecule has 6 heteroatoms. The molecule has 0 unspecified atom stereocenters. The van der Waals surface area contributed by atoms with Gasteiger partial charge in [-0.25, -0.2) is 4.68 Å². The number of rotatable bonds is 3. The van der Waals surface area contributed by atoms with Gasteiger partial charge >= 0.3 is 0 Å². The maximum atomic E-state index is 8.47. The molecule has 4 N–H and O–H groups in total. The molecule has 6 nitrogen and oxygen atoms in total. The normalized spacial score (nSPS) is 8.92. The van der Waals surface area contributed by atoms with Gasteiger partial charge in [-0.15, -0.1) is 5.10 Å². The standard InChI is InChI=1S/C5H11N5O.C2H6/c1-10-5(7-2-3-11)8-4(6)9-10;1-2/h11H,2-3H2,1H3,(H3,6,7,8,9);1-2H3. The highest BCUT2D eigenvalue weighted by Gasteiger charge is 2.01. The molecule has 1 heterocycles. The lowest BCUT2D eigenvalue weighted by atomic mass is 10.7. The number of aromatic nitrogens is 3. The Bertz CT molecular complexity index is 235. The maximum absolute atomic E-state index is 8.47. The molecule has 1 rings (SSSR count). The number of hydrogen-bond acceptors (Lipinski definition) is 5. The fourth-order valence-electron chi connectivity index (χ4n) is 0.726. The van der Waals surface area contributed by atoms with Crippen LogP contribution in [0.3, 0.4) is 0 Å². The van der Waals surface area contributed by atoms with Gasteiger partial charge in [-0.1, -0.05) is 13.8 Å². The van der Waals surface area contributed by atoms with Crippen molar-refractivity contribution in [2.24, 2.45) is 7.05 Å². The highest BCUT2D eigenvalue weighted by molar-refractivity contribution is 5.31. The van der Waals surface area contributed by atoms with E-state index in [1.165, 1.54) is 4.68 Å². The first-order chi connectivity index (χ1) is 6.24. The number of anilines is 2. The van der Waals surface area contributed by atoms with E-state index in [2.05, 4.69) is 15.4 Å². The van der Waals surface area contributed by atoms with E-state index in [-0.39, 0.29) is 12.6 Å². The van der Waals surface area contributed by atoms with Gasteiger partial charge in [0.15, 0.2) is 0 Å². The second kappa shape index (κ2) is 6.24. The highest BCUT2D eigenvalue weighted by Crippen LogP contribution is 2.01. The zero-order valence-electron chi connectivity index (χ0n) is 8.28. The summed E-state index contributed by atoms with van der Waals surface area (Å²) in [5.41, 5.74) is 5.31. The van der Waals surface area contributed by atoms with Crippen molar-refractivity contribution in [2.45, 2.75) is 13.8 Å². The summed E-state index contributed by atoms with van der Waals surface area (Å²) >= 11 is 0. The van der Waals surface area contributed by atoms with Crippen molar-refractivity contribution in [1.29, 1.82) is 0 Å². The Morgan fingerprint density at radius 3 is 2.54 bits per heavy atom. The predicted molar refractivity (Wildman–Crippen MR) is 52.3 cm³/mol. The summed E-state index contributed by atoms with van der Waals surface area (Å²) < 4.78 is 1.52. The molecule has 13 heavy (non-hydrogen) atoms. The molecule has 76 valence electrons. The zero-order valence-corrected chi connectivity index (χ0v) is 8.28. The summed E-state index contributed by atoms with van der Waals surface area (Å²) in [7, 11) is 1.73. The molecule has 0 aromatic carbocycles.